The van der Waals surface area contributed by atoms with Gasteiger partial charge in [0.1, 0.15) is 11.5 Å². The number of piperidine rings is 2. The molecule has 51 heavy (non-hydrogen) atoms. The van der Waals surface area contributed by atoms with E-state index in [0.29, 0.717) is 73.0 Å². The normalized spacial score (nSPS) is 21.5. The number of aromatic nitrogens is 2. The number of benzene rings is 2. The molecule has 0 aliphatic carbocycles. The van der Waals surface area contributed by atoms with E-state index in [-0.39, 0.29) is 24.4 Å². The molecule has 2 aromatic carbocycles. The van der Waals surface area contributed by atoms with Crippen LogP contribution >= 0.6 is 11.6 Å². The lowest BCUT2D eigenvalue weighted by atomic mass is 9.96. The van der Waals surface area contributed by atoms with Crippen molar-refractivity contribution in [1.82, 2.24) is 24.7 Å². The predicted molar refractivity (Wildman–Crippen MR) is 190 cm³/mol. The molecular weight excluding hydrogens is 682 g/mol. The highest BCUT2D eigenvalue weighted by molar-refractivity contribution is 6.32. The van der Waals surface area contributed by atoms with Crippen molar-refractivity contribution in [1.29, 1.82) is 0 Å². The number of carbonyl (C=O) groups is 2. The standard InChI is InChI=1S/C37H39ClF2N6O5/c1-43-20-28(26-9-11-41-19-27(26)36(43)49)23-17-30(38)29(32(18-23)50-2)21-44-12-10-33(37(39,40)22-44)46-15-13-45(14-16-46)24-3-5-25(6-4-24)51-31-7-8-34(47)42-35(31)48/h3-6,9,11,17-20,31,33H,7-8,10,12-16,21-22H2,1-2H3,(H,42,47,48). The van der Waals surface area contributed by atoms with Crippen LogP contribution < -0.4 is 25.2 Å². The molecule has 0 spiro atoms. The number of halogens is 3. The number of piperazine rings is 1. The molecule has 2 aromatic heterocycles. The van der Waals surface area contributed by atoms with E-state index in [4.69, 9.17) is 21.1 Å². The number of fused-ring (bicyclic) bond motifs is 1. The predicted octanol–water partition coefficient (Wildman–Crippen LogP) is 4.48. The third-order valence-corrected chi connectivity index (χ3v) is 10.5. The highest BCUT2D eigenvalue weighted by Crippen LogP contribution is 2.39. The summed E-state index contributed by atoms with van der Waals surface area (Å²) in [6.45, 7) is 2.51. The Morgan fingerprint density at radius 3 is 2.47 bits per heavy atom. The maximum Gasteiger partial charge on any atom is 0.275 e. The minimum Gasteiger partial charge on any atom is -0.496 e. The van der Waals surface area contributed by atoms with Gasteiger partial charge < -0.3 is 18.9 Å². The summed E-state index contributed by atoms with van der Waals surface area (Å²) in [5.74, 6) is -2.64. The van der Waals surface area contributed by atoms with E-state index in [1.54, 1.807) is 54.8 Å². The first kappa shape index (κ1) is 34.8. The van der Waals surface area contributed by atoms with E-state index in [1.807, 2.05) is 23.1 Å². The Kier molecular flexibility index (Phi) is 9.70. The maximum atomic E-state index is 15.8. The number of imide groups is 1. The number of rotatable bonds is 8. The van der Waals surface area contributed by atoms with Crippen LogP contribution in [-0.4, -0.2) is 95.6 Å². The minimum absolute atomic E-state index is 0.159. The largest absolute Gasteiger partial charge is 0.496 e. The quantitative estimate of drug-likeness (QED) is 0.264. The Bertz CT molecular complexity index is 2020. The van der Waals surface area contributed by atoms with Gasteiger partial charge in [0, 0.05) is 99.6 Å². The molecule has 4 aromatic rings. The fourth-order valence-electron chi connectivity index (χ4n) is 7.43. The number of methoxy groups -OCH3 is 1. The summed E-state index contributed by atoms with van der Waals surface area (Å²) < 4.78 is 44.7. The summed E-state index contributed by atoms with van der Waals surface area (Å²) in [7, 11) is 3.21. The van der Waals surface area contributed by atoms with Crippen molar-refractivity contribution < 1.29 is 27.8 Å². The van der Waals surface area contributed by atoms with Crippen LogP contribution in [0.2, 0.25) is 5.02 Å². The summed E-state index contributed by atoms with van der Waals surface area (Å²) in [5.41, 5.74) is 2.95. The summed E-state index contributed by atoms with van der Waals surface area (Å²) in [4.78, 5) is 46.0. The fraction of sp³-hybridized carbons (Fsp3) is 0.405. The number of carbonyl (C=O) groups excluding carboxylic acids is 2. The van der Waals surface area contributed by atoms with Crippen LogP contribution in [0.4, 0.5) is 14.5 Å². The average molecular weight is 721 g/mol. The molecule has 14 heteroatoms. The molecule has 268 valence electrons. The monoisotopic (exact) mass is 720 g/mol. The molecule has 3 aliphatic heterocycles. The Labute approximate surface area is 298 Å². The van der Waals surface area contributed by atoms with Gasteiger partial charge in [-0.05, 0) is 59.8 Å². The number of nitrogens with zero attached hydrogens (tertiary/aromatic N) is 5. The smallest absolute Gasteiger partial charge is 0.275 e. The summed E-state index contributed by atoms with van der Waals surface area (Å²) in [5, 5.41) is 3.91. The van der Waals surface area contributed by atoms with Gasteiger partial charge in [-0.1, -0.05) is 11.6 Å². The zero-order valence-electron chi connectivity index (χ0n) is 28.4. The van der Waals surface area contributed by atoms with Gasteiger partial charge in [-0.2, -0.15) is 0 Å². The topological polar surface area (TPSA) is 109 Å². The lowest BCUT2D eigenvalue weighted by Crippen LogP contribution is -2.61. The number of hydrogen-bond acceptors (Lipinski definition) is 9. The third-order valence-electron chi connectivity index (χ3n) is 10.1. The number of amides is 2. The van der Waals surface area contributed by atoms with Gasteiger partial charge in [-0.25, -0.2) is 8.78 Å². The number of ether oxygens (including phenoxy) is 2. The lowest BCUT2D eigenvalue weighted by Gasteiger charge is -2.46. The first-order chi connectivity index (χ1) is 24.5. The van der Waals surface area contributed by atoms with Crippen molar-refractivity contribution in [3.8, 4) is 22.6 Å². The Morgan fingerprint density at radius 2 is 1.76 bits per heavy atom. The van der Waals surface area contributed by atoms with Crippen LogP contribution in [0.25, 0.3) is 21.9 Å². The van der Waals surface area contributed by atoms with Crippen LogP contribution in [0.5, 0.6) is 11.5 Å². The molecule has 5 heterocycles. The second kappa shape index (κ2) is 14.2. The van der Waals surface area contributed by atoms with Crippen LogP contribution in [0, 0.1) is 0 Å². The molecule has 0 radical (unpaired) electrons. The number of pyridine rings is 2. The second-order valence-corrected chi connectivity index (χ2v) is 13.8. The van der Waals surface area contributed by atoms with Gasteiger partial charge in [0.15, 0.2) is 6.10 Å². The van der Waals surface area contributed by atoms with Crippen molar-refractivity contribution >= 4 is 39.9 Å². The number of alkyl halides is 2. The Hall–Kier alpha value is -4.59. The number of anilines is 1. The zero-order chi connectivity index (χ0) is 35.9. The van der Waals surface area contributed by atoms with Gasteiger partial charge in [-0.15, -0.1) is 0 Å². The summed E-state index contributed by atoms with van der Waals surface area (Å²) in [6.07, 6.45) is 5.11. The first-order valence-electron chi connectivity index (χ1n) is 17.0. The van der Waals surface area contributed by atoms with E-state index in [1.165, 1.54) is 11.7 Å². The van der Waals surface area contributed by atoms with Crippen LogP contribution in [0.15, 0.2) is 65.8 Å². The zero-order valence-corrected chi connectivity index (χ0v) is 29.2. The number of nitrogens with one attached hydrogen (secondary N) is 1. The molecule has 2 atom stereocenters. The third kappa shape index (κ3) is 7.15. The van der Waals surface area contributed by atoms with Crippen molar-refractivity contribution in [3.05, 3.63) is 82.0 Å². The van der Waals surface area contributed by atoms with E-state index in [2.05, 4.69) is 15.2 Å². The molecule has 3 aliphatic rings. The van der Waals surface area contributed by atoms with E-state index >= 15 is 8.78 Å². The van der Waals surface area contributed by atoms with Gasteiger partial charge in [0.2, 0.25) is 5.91 Å². The Morgan fingerprint density at radius 1 is 1.00 bits per heavy atom. The second-order valence-electron chi connectivity index (χ2n) is 13.4. The van der Waals surface area contributed by atoms with Crippen LogP contribution in [-0.2, 0) is 23.2 Å². The van der Waals surface area contributed by atoms with Crippen molar-refractivity contribution in [2.24, 2.45) is 7.05 Å². The average Bonchev–Trinajstić information content (AvgIpc) is 3.12. The number of hydrogen-bond donors (Lipinski definition) is 1. The van der Waals surface area contributed by atoms with Crippen molar-refractivity contribution in [2.75, 3.05) is 51.3 Å². The maximum absolute atomic E-state index is 15.8. The van der Waals surface area contributed by atoms with Gasteiger partial charge in [0.05, 0.1) is 25.1 Å². The molecule has 3 fully saturated rings. The van der Waals surface area contributed by atoms with Crippen LogP contribution in [0.1, 0.15) is 24.8 Å². The van der Waals surface area contributed by atoms with E-state index < -0.39 is 30.5 Å². The summed E-state index contributed by atoms with van der Waals surface area (Å²) in [6, 6.07) is 11.9. The molecule has 2 amide bonds. The SMILES string of the molecule is COc1cc(-c2cn(C)c(=O)c3cnccc23)cc(Cl)c1CN1CCC(N2CCN(c3ccc(OC4CCC(=O)NC4=O)cc3)CC2)C(F)(F)C1. The van der Waals surface area contributed by atoms with Crippen molar-refractivity contribution in [2.45, 2.75) is 43.9 Å². The van der Waals surface area contributed by atoms with Crippen molar-refractivity contribution in [3.63, 3.8) is 0 Å². The molecular formula is C37H39ClF2N6O5. The number of aryl methyl sites for hydroxylation is 1. The Balaban J connectivity index is 0.974. The number of likely N-dealkylation sites (tertiary alicyclic amines) is 1. The van der Waals surface area contributed by atoms with Crippen LogP contribution in [0.3, 0.4) is 0 Å². The molecule has 0 saturated carbocycles. The summed E-state index contributed by atoms with van der Waals surface area (Å²) >= 11 is 6.83. The van der Waals surface area contributed by atoms with Gasteiger partial charge in [-0.3, -0.25) is 34.5 Å². The highest BCUT2D eigenvalue weighted by atomic mass is 35.5. The molecule has 0 bridgehead atoms. The minimum atomic E-state index is -2.93. The molecule has 3 saturated heterocycles. The molecule has 2 unspecified atom stereocenters. The highest BCUT2D eigenvalue weighted by Gasteiger charge is 2.48. The fourth-order valence-corrected chi connectivity index (χ4v) is 7.70. The molecule has 7 rings (SSSR count). The van der Waals surface area contributed by atoms with Gasteiger partial charge >= 0.3 is 0 Å². The molecule has 1 N–H and O–H groups in total. The first-order valence-corrected chi connectivity index (χ1v) is 17.4. The van der Waals surface area contributed by atoms with E-state index in [9.17, 15) is 14.4 Å². The molecule has 11 nitrogen and oxygen atoms in total. The van der Waals surface area contributed by atoms with Gasteiger partial charge in [0.25, 0.3) is 17.4 Å². The lowest BCUT2D eigenvalue weighted by molar-refractivity contribution is -0.138. The van der Waals surface area contributed by atoms with E-state index in [0.717, 1.165) is 22.2 Å².